The fraction of sp³-hybridized carbons (Fsp3) is 0.588. The van der Waals surface area contributed by atoms with Gasteiger partial charge in [-0.05, 0) is 49.7 Å². The number of rotatable bonds is 2. The summed E-state index contributed by atoms with van der Waals surface area (Å²) >= 11 is 1.46. The van der Waals surface area contributed by atoms with Gasteiger partial charge in [0.25, 0.3) is 5.91 Å². The van der Waals surface area contributed by atoms with Crippen LogP contribution in [0.15, 0.2) is 6.07 Å². The summed E-state index contributed by atoms with van der Waals surface area (Å²) in [5, 5.41) is 3.18. The SMILES string of the molecule is Cc1cc(C(=O)NC2CCC(C)C(C)C2)sc1C#CCN. The summed E-state index contributed by atoms with van der Waals surface area (Å²) in [5.41, 5.74) is 6.45. The molecule has 3 atom stereocenters. The zero-order valence-corrected chi connectivity index (χ0v) is 13.8. The maximum atomic E-state index is 12.4. The smallest absolute Gasteiger partial charge is 0.261 e. The summed E-state index contributed by atoms with van der Waals surface area (Å²) in [6.45, 7) is 6.90. The second kappa shape index (κ2) is 7.11. The number of hydrogen-bond donors (Lipinski definition) is 2. The van der Waals surface area contributed by atoms with E-state index in [0.29, 0.717) is 18.5 Å². The Morgan fingerprint density at radius 1 is 1.43 bits per heavy atom. The van der Waals surface area contributed by atoms with Gasteiger partial charge in [-0.3, -0.25) is 4.79 Å². The first-order valence-corrected chi connectivity index (χ1v) is 8.43. The summed E-state index contributed by atoms with van der Waals surface area (Å²) in [7, 11) is 0. The van der Waals surface area contributed by atoms with Crippen LogP contribution in [0.3, 0.4) is 0 Å². The number of thiophene rings is 1. The molecule has 0 radical (unpaired) electrons. The van der Waals surface area contributed by atoms with Crippen LogP contribution < -0.4 is 11.1 Å². The van der Waals surface area contributed by atoms with Crippen LogP contribution >= 0.6 is 11.3 Å². The molecule has 0 saturated heterocycles. The highest BCUT2D eigenvalue weighted by Gasteiger charge is 2.26. The molecule has 1 heterocycles. The van der Waals surface area contributed by atoms with Crippen molar-refractivity contribution in [2.75, 3.05) is 6.54 Å². The number of carbonyl (C=O) groups is 1. The molecule has 1 aromatic rings. The minimum atomic E-state index is 0.0376. The molecule has 3 N–H and O–H groups in total. The molecule has 1 aliphatic rings. The van der Waals surface area contributed by atoms with Gasteiger partial charge in [0.15, 0.2) is 0 Å². The van der Waals surface area contributed by atoms with Gasteiger partial charge in [0.05, 0.1) is 16.3 Å². The first kappa shape index (κ1) is 16.1. The van der Waals surface area contributed by atoms with Gasteiger partial charge in [-0.1, -0.05) is 25.7 Å². The van der Waals surface area contributed by atoms with Gasteiger partial charge in [-0.2, -0.15) is 0 Å². The third-order valence-electron chi connectivity index (χ3n) is 4.38. The molecule has 21 heavy (non-hydrogen) atoms. The van der Waals surface area contributed by atoms with E-state index in [1.165, 1.54) is 17.8 Å². The Kier molecular flexibility index (Phi) is 5.44. The molecule has 114 valence electrons. The quantitative estimate of drug-likeness (QED) is 0.825. The predicted octanol–water partition coefficient (Wildman–Crippen LogP) is 2.92. The van der Waals surface area contributed by atoms with Gasteiger partial charge in [-0.25, -0.2) is 0 Å². The van der Waals surface area contributed by atoms with Crippen LogP contribution in [-0.4, -0.2) is 18.5 Å². The maximum absolute atomic E-state index is 12.4. The highest BCUT2D eigenvalue weighted by Crippen LogP contribution is 2.30. The molecule has 3 unspecified atom stereocenters. The van der Waals surface area contributed by atoms with E-state index >= 15 is 0 Å². The Labute approximate surface area is 131 Å². The number of nitrogens with one attached hydrogen (secondary N) is 1. The topological polar surface area (TPSA) is 55.1 Å². The lowest BCUT2D eigenvalue weighted by molar-refractivity contribution is 0.0914. The molecule has 0 spiro atoms. The maximum Gasteiger partial charge on any atom is 0.261 e. The van der Waals surface area contributed by atoms with Crippen molar-refractivity contribution in [2.24, 2.45) is 17.6 Å². The minimum Gasteiger partial charge on any atom is -0.349 e. The van der Waals surface area contributed by atoms with Crippen molar-refractivity contribution in [3.05, 3.63) is 21.4 Å². The van der Waals surface area contributed by atoms with Crippen LogP contribution in [-0.2, 0) is 0 Å². The summed E-state index contributed by atoms with van der Waals surface area (Å²) in [6, 6.07) is 2.24. The monoisotopic (exact) mass is 304 g/mol. The number of carbonyl (C=O) groups excluding carboxylic acids is 1. The van der Waals surface area contributed by atoms with E-state index < -0.39 is 0 Å². The molecular weight excluding hydrogens is 280 g/mol. The van der Waals surface area contributed by atoms with E-state index in [1.807, 2.05) is 13.0 Å². The molecule has 3 nitrogen and oxygen atoms in total. The lowest BCUT2D eigenvalue weighted by Gasteiger charge is -2.32. The molecule has 4 heteroatoms. The summed E-state index contributed by atoms with van der Waals surface area (Å²) in [6.07, 6.45) is 3.36. The minimum absolute atomic E-state index is 0.0376. The van der Waals surface area contributed by atoms with Gasteiger partial charge < -0.3 is 11.1 Å². The van der Waals surface area contributed by atoms with Gasteiger partial charge in [-0.15, -0.1) is 11.3 Å². The van der Waals surface area contributed by atoms with E-state index in [2.05, 4.69) is 31.0 Å². The summed E-state index contributed by atoms with van der Waals surface area (Å²) in [5.74, 6) is 7.36. The largest absolute Gasteiger partial charge is 0.349 e. The number of hydrogen-bond acceptors (Lipinski definition) is 3. The van der Waals surface area contributed by atoms with E-state index in [-0.39, 0.29) is 5.91 Å². The Morgan fingerprint density at radius 2 is 2.19 bits per heavy atom. The van der Waals surface area contributed by atoms with Crippen LogP contribution in [0, 0.1) is 30.6 Å². The van der Waals surface area contributed by atoms with Crippen molar-refractivity contribution in [3.8, 4) is 11.8 Å². The Bertz CT molecular complexity index is 567. The highest BCUT2D eigenvalue weighted by atomic mass is 32.1. The molecule has 0 aliphatic heterocycles. The van der Waals surface area contributed by atoms with Crippen LogP contribution in [0.1, 0.15) is 53.2 Å². The molecule has 1 aromatic heterocycles. The zero-order valence-electron chi connectivity index (χ0n) is 13.0. The van der Waals surface area contributed by atoms with Crippen molar-refractivity contribution in [1.82, 2.24) is 5.32 Å². The lowest BCUT2D eigenvalue weighted by atomic mass is 9.79. The summed E-state index contributed by atoms with van der Waals surface area (Å²) < 4.78 is 0. The van der Waals surface area contributed by atoms with Gasteiger partial charge in [0.1, 0.15) is 0 Å². The van der Waals surface area contributed by atoms with Crippen molar-refractivity contribution < 1.29 is 4.79 Å². The number of nitrogens with two attached hydrogens (primary N) is 1. The fourth-order valence-electron chi connectivity index (χ4n) is 2.78. The fourth-order valence-corrected chi connectivity index (χ4v) is 3.73. The molecule has 1 saturated carbocycles. The van der Waals surface area contributed by atoms with Crippen molar-refractivity contribution in [3.63, 3.8) is 0 Å². The zero-order chi connectivity index (χ0) is 15.4. The van der Waals surface area contributed by atoms with Gasteiger partial charge in [0.2, 0.25) is 0 Å². The van der Waals surface area contributed by atoms with Crippen molar-refractivity contribution in [1.29, 1.82) is 0 Å². The first-order valence-electron chi connectivity index (χ1n) is 7.61. The van der Waals surface area contributed by atoms with Crippen molar-refractivity contribution >= 4 is 17.2 Å². The van der Waals surface area contributed by atoms with Crippen LogP contribution in [0.25, 0.3) is 0 Å². The number of amides is 1. The second-order valence-electron chi connectivity index (χ2n) is 6.07. The Balaban J connectivity index is 2.01. The third-order valence-corrected chi connectivity index (χ3v) is 5.53. The Hall–Kier alpha value is -1.31. The van der Waals surface area contributed by atoms with Crippen molar-refractivity contribution in [2.45, 2.75) is 46.1 Å². The molecule has 2 rings (SSSR count). The second-order valence-corrected chi connectivity index (χ2v) is 7.12. The average molecular weight is 304 g/mol. The van der Waals surface area contributed by atoms with E-state index in [9.17, 15) is 4.79 Å². The molecule has 1 amide bonds. The van der Waals surface area contributed by atoms with Gasteiger partial charge in [0, 0.05) is 6.04 Å². The molecule has 1 fully saturated rings. The predicted molar refractivity (Wildman–Crippen MR) is 88.4 cm³/mol. The van der Waals surface area contributed by atoms with Gasteiger partial charge >= 0.3 is 0 Å². The third kappa shape index (κ3) is 4.09. The normalized spacial score (nSPS) is 25.0. The Morgan fingerprint density at radius 3 is 2.86 bits per heavy atom. The van der Waals surface area contributed by atoms with Crippen LogP contribution in [0.4, 0.5) is 0 Å². The summed E-state index contributed by atoms with van der Waals surface area (Å²) in [4.78, 5) is 14.1. The highest BCUT2D eigenvalue weighted by molar-refractivity contribution is 7.14. The van der Waals surface area contributed by atoms with E-state index in [1.54, 1.807) is 0 Å². The first-order chi connectivity index (χ1) is 10.0. The number of aryl methyl sites for hydroxylation is 1. The molecule has 1 aliphatic carbocycles. The average Bonchev–Trinajstić information content (AvgIpc) is 2.82. The van der Waals surface area contributed by atoms with Crippen LogP contribution in [0.5, 0.6) is 0 Å². The lowest BCUT2D eigenvalue weighted by Crippen LogP contribution is -2.39. The van der Waals surface area contributed by atoms with Crippen LogP contribution in [0.2, 0.25) is 0 Å². The van der Waals surface area contributed by atoms with E-state index in [4.69, 9.17) is 5.73 Å². The standard InChI is InChI=1S/C17H24N2OS/c1-11-6-7-14(9-12(11)2)19-17(20)16-10-13(3)15(21-16)5-4-8-18/h10-12,14H,6-9,18H2,1-3H3,(H,19,20). The molecule has 0 bridgehead atoms. The molecular formula is C17H24N2OS. The molecule has 0 aromatic carbocycles. The van der Waals surface area contributed by atoms with E-state index in [0.717, 1.165) is 34.1 Å².